The summed E-state index contributed by atoms with van der Waals surface area (Å²) in [6.45, 7) is 0.482. The predicted molar refractivity (Wildman–Crippen MR) is 52.8 cm³/mol. The molecule has 0 N–H and O–H groups in total. The van der Waals surface area contributed by atoms with Crippen molar-refractivity contribution in [2.24, 2.45) is 0 Å². The van der Waals surface area contributed by atoms with Crippen LogP contribution in [-0.2, 0) is 23.8 Å². The average Bonchev–Trinajstić information content (AvgIpc) is 2.73. The van der Waals surface area contributed by atoms with E-state index >= 15 is 0 Å². The molecule has 5 nitrogen and oxygen atoms in total. The molecule has 1 saturated heterocycles. The van der Waals surface area contributed by atoms with Gasteiger partial charge in [-0.05, 0) is 12.8 Å². The van der Waals surface area contributed by atoms with E-state index in [-0.39, 0.29) is 12.7 Å². The lowest BCUT2D eigenvalue weighted by Crippen LogP contribution is -2.28. The molecule has 1 atom stereocenters. The van der Waals surface area contributed by atoms with E-state index in [4.69, 9.17) is 9.47 Å². The van der Waals surface area contributed by atoms with Crippen molar-refractivity contribution in [3.63, 3.8) is 0 Å². The maximum absolute atomic E-state index is 10.8. The minimum Gasteiger partial charge on any atom is -0.347 e. The van der Waals surface area contributed by atoms with Gasteiger partial charge in [0.15, 0.2) is 5.79 Å². The lowest BCUT2D eigenvalue weighted by Gasteiger charge is -2.21. The van der Waals surface area contributed by atoms with Gasteiger partial charge in [-0.3, -0.25) is 4.18 Å². The molecule has 15 heavy (non-hydrogen) atoms. The Balaban J connectivity index is 1.82. The van der Waals surface area contributed by atoms with Crippen molar-refractivity contribution in [1.82, 2.24) is 0 Å². The van der Waals surface area contributed by atoms with Gasteiger partial charge in [0.1, 0.15) is 6.10 Å². The molecule has 1 heterocycles. The zero-order valence-corrected chi connectivity index (χ0v) is 9.59. The predicted octanol–water partition coefficient (Wildman–Crippen LogP) is 0.648. The Kier molecular flexibility index (Phi) is 3.03. The van der Waals surface area contributed by atoms with Gasteiger partial charge < -0.3 is 9.47 Å². The van der Waals surface area contributed by atoms with Gasteiger partial charge in [-0.2, -0.15) is 8.42 Å². The number of hydrogen-bond acceptors (Lipinski definition) is 5. The Labute approximate surface area is 89.8 Å². The van der Waals surface area contributed by atoms with Crippen LogP contribution in [0.1, 0.15) is 25.7 Å². The SMILES string of the molecule is CS(=O)(=O)OC[C@@H]1COC2(CCCC2)O1. The summed E-state index contributed by atoms with van der Waals surface area (Å²) < 4.78 is 37.5. The normalized spacial score (nSPS) is 30.1. The number of rotatable bonds is 3. The Morgan fingerprint density at radius 3 is 2.67 bits per heavy atom. The fourth-order valence-electron chi connectivity index (χ4n) is 2.07. The van der Waals surface area contributed by atoms with E-state index < -0.39 is 15.9 Å². The van der Waals surface area contributed by atoms with E-state index in [1.807, 2.05) is 0 Å². The monoisotopic (exact) mass is 236 g/mol. The molecule has 0 aromatic heterocycles. The van der Waals surface area contributed by atoms with Crippen LogP contribution >= 0.6 is 0 Å². The highest BCUT2D eigenvalue weighted by Gasteiger charge is 2.43. The number of hydrogen-bond donors (Lipinski definition) is 0. The maximum atomic E-state index is 10.8. The lowest BCUT2D eigenvalue weighted by molar-refractivity contribution is -0.164. The first-order valence-corrected chi connectivity index (χ1v) is 6.97. The second-order valence-electron chi connectivity index (χ2n) is 4.16. The molecule has 0 aromatic rings. The largest absolute Gasteiger partial charge is 0.347 e. The van der Waals surface area contributed by atoms with Gasteiger partial charge >= 0.3 is 0 Å². The summed E-state index contributed by atoms with van der Waals surface area (Å²) in [6, 6.07) is 0. The first-order valence-electron chi connectivity index (χ1n) is 5.15. The van der Waals surface area contributed by atoms with Gasteiger partial charge in [-0.15, -0.1) is 0 Å². The quantitative estimate of drug-likeness (QED) is 0.673. The molecule has 2 fully saturated rings. The molecule has 88 valence electrons. The molecule has 2 rings (SSSR count). The van der Waals surface area contributed by atoms with Crippen molar-refractivity contribution in [3.8, 4) is 0 Å². The van der Waals surface area contributed by atoms with Crippen molar-refractivity contribution >= 4 is 10.1 Å². The Morgan fingerprint density at radius 1 is 1.40 bits per heavy atom. The standard InChI is InChI=1S/C9H16O5S/c1-15(10,11)13-7-8-6-12-9(14-8)4-2-3-5-9/h8H,2-7H2,1H3/t8-/m0/s1. The van der Waals surface area contributed by atoms with Crippen molar-refractivity contribution in [3.05, 3.63) is 0 Å². The van der Waals surface area contributed by atoms with E-state index in [0.717, 1.165) is 31.9 Å². The zero-order chi connectivity index (χ0) is 10.9. The van der Waals surface area contributed by atoms with Crippen LogP contribution in [0.25, 0.3) is 0 Å². The molecule has 0 amide bonds. The molecule has 1 saturated carbocycles. The van der Waals surface area contributed by atoms with Gasteiger partial charge in [0, 0.05) is 12.8 Å². The molecule has 0 bridgehead atoms. The minimum atomic E-state index is -3.38. The molecule has 0 aromatic carbocycles. The summed E-state index contributed by atoms with van der Waals surface area (Å²) in [6.07, 6.45) is 4.82. The van der Waals surface area contributed by atoms with Crippen LogP contribution in [-0.4, -0.2) is 39.8 Å². The van der Waals surface area contributed by atoms with Crippen LogP contribution in [0.4, 0.5) is 0 Å². The van der Waals surface area contributed by atoms with Gasteiger partial charge in [-0.25, -0.2) is 0 Å². The van der Waals surface area contributed by atoms with Gasteiger partial charge in [0.25, 0.3) is 10.1 Å². The first-order chi connectivity index (χ1) is 6.99. The van der Waals surface area contributed by atoms with Crippen molar-refractivity contribution < 1.29 is 22.1 Å². The van der Waals surface area contributed by atoms with Crippen molar-refractivity contribution in [2.45, 2.75) is 37.6 Å². The molecule has 1 aliphatic carbocycles. The molecule has 1 spiro atoms. The summed E-state index contributed by atoms with van der Waals surface area (Å²) >= 11 is 0. The van der Waals surface area contributed by atoms with Crippen LogP contribution < -0.4 is 0 Å². The van der Waals surface area contributed by atoms with Crippen molar-refractivity contribution in [2.75, 3.05) is 19.5 Å². The smallest absolute Gasteiger partial charge is 0.264 e. The molecule has 0 radical (unpaired) electrons. The molecule has 6 heteroatoms. The molecule has 1 aliphatic heterocycles. The van der Waals surface area contributed by atoms with E-state index in [1.54, 1.807) is 0 Å². The Bertz CT molecular complexity index is 317. The summed E-state index contributed by atoms with van der Waals surface area (Å²) in [5.74, 6) is -0.439. The van der Waals surface area contributed by atoms with E-state index in [0.29, 0.717) is 6.61 Å². The van der Waals surface area contributed by atoms with Gasteiger partial charge in [0.2, 0.25) is 0 Å². The first kappa shape index (κ1) is 11.3. The third kappa shape index (κ3) is 2.90. The second kappa shape index (κ2) is 4.01. The van der Waals surface area contributed by atoms with Gasteiger partial charge in [-0.1, -0.05) is 0 Å². The topological polar surface area (TPSA) is 61.8 Å². The van der Waals surface area contributed by atoms with Crippen LogP contribution in [0.15, 0.2) is 0 Å². The second-order valence-corrected chi connectivity index (χ2v) is 5.80. The van der Waals surface area contributed by atoms with E-state index in [9.17, 15) is 8.42 Å². The molecular formula is C9H16O5S. The van der Waals surface area contributed by atoms with Crippen LogP contribution in [0, 0.1) is 0 Å². The fourth-order valence-corrected chi connectivity index (χ4v) is 2.47. The summed E-state index contributed by atoms with van der Waals surface area (Å²) in [5, 5.41) is 0. The van der Waals surface area contributed by atoms with E-state index in [1.165, 1.54) is 0 Å². The van der Waals surface area contributed by atoms with Crippen LogP contribution in [0.3, 0.4) is 0 Å². The zero-order valence-electron chi connectivity index (χ0n) is 8.77. The fraction of sp³-hybridized carbons (Fsp3) is 1.00. The maximum Gasteiger partial charge on any atom is 0.264 e. The van der Waals surface area contributed by atoms with Crippen LogP contribution in [0.5, 0.6) is 0 Å². The van der Waals surface area contributed by atoms with Crippen LogP contribution in [0.2, 0.25) is 0 Å². The molecule has 0 unspecified atom stereocenters. The lowest BCUT2D eigenvalue weighted by atomic mass is 10.2. The summed E-state index contributed by atoms with van der Waals surface area (Å²) in [5.41, 5.74) is 0. The number of ether oxygens (including phenoxy) is 2. The highest BCUT2D eigenvalue weighted by Crippen LogP contribution is 2.39. The molecular weight excluding hydrogens is 220 g/mol. The summed E-state index contributed by atoms with van der Waals surface area (Å²) in [7, 11) is -3.38. The van der Waals surface area contributed by atoms with Crippen molar-refractivity contribution in [1.29, 1.82) is 0 Å². The third-order valence-corrected chi connectivity index (χ3v) is 3.31. The van der Waals surface area contributed by atoms with Gasteiger partial charge in [0.05, 0.1) is 19.5 Å². The summed E-state index contributed by atoms with van der Waals surface area (Å²) in [4.78, 5) is 0. The Morgan fingerprint density at radius 2 is 2.07 bits per heavy atom. The Hall–Kier alpha value is -0.170. The van der Waals surface area contributed by atoms with E-state index in [2.05, 4.69) is 4.18 Å². The third-order valence-electron chi connectivity index (χ3n) is 2.75. The average molecular weight is 236 g/mol. The minimum absolute atomic E-state index is 0.0561. The highest BCUT2D eigenvalue weighted by molar-refractivity contribution is 7.85. The molecule has 2 aliphatic rings. The highest BCUT2D eigenvalue weighted by atomic mass is 32.2.